The van der Waals surface area contributed by atoms with E-state index in [4.69, 9.17) is 4.98 Å². The zero-order valence-corrected chi connectivity index (χ0v) is 14.5. The zero-order valence-electron chi connectivity index (χ0n) is 12.9. The molecule has 0 saturated heterocycles. The molecule has 0 fully saturated rings. The predicted molar refractivity (Wildman–Crippen MR) is 94.1 cm³/mol. The summed E-state index contributed by atoms with van der Waals surface area (Å²) in [7, 11) is 0. The van der Waals surface area contributed by atoms with E-state index in [0.29, 0.717) is 11.8 Å². The van der Waals surface area contributed by atoms with E-state index >= 15 is 0 Å². The van der Waals surface area contributed by atoms with Gasteiger partial charge < -0.3 is 0 Å². The van der Waals surface area contributed by atoms with Crippen molar-refractivity contribution in [1.29, 1.82) is 0 Å². The number of aromatic nitrogens is 2. The van der Waals surface area contributed by atoms with E-state index < -0.39 is 0 Å². The Kier molecular flexibility index (Phi) is 4.93. The van der Waals surface area contributed by atoms with Crippen LogP contribution in [0.15, 0.2) is 45.2 Å². The third-order valence-corrected chi connectivity index (χ3v) is 5.78. The number of benzene rings is 1. The molecular formula is C17H20N2OS2. The molecule has 0 radical (unpaired) electrons. The molecule has 0 aliphatic carbocycles. The van der Waals surface area contributed by atoms with Crippen LogP contribution in [0, 0.1) is 0 Å². The van der Waals surface area contributed by atoms with Gasteiger partial charge in [-0.15, -0.1) is 11.8 Å². The average molecular weight is 332 g/mol. The molecule has 1 aromatic carbocycles. The Morgan fingerprint density at radius 2 is 2.14 bits per heavy atom. The van der Waals surface area contributed by atoms with Crippen molar-refractivity contribution in [2.75, 3.05) is 5.75 Å². The molecule has 3 rings (SSSR count). The average Bonchev–Trinajstić information content (AvgIpc) is 2.89. The van der Waals surface area contributed by atoms with Crippen molar-refractivity contribution in [3.8, 4) is 0 Å². The molecule has 0 spiro atoms. The number of rotatable bonds is 5. The van der Waals surface area contributed by atoms with Crippen LogP contribution in [0.1, 0.15) is 25.1 Å². The monoisotopic (exact) mass is 332 g/mol. The Labute approximate surface area is 139 Å². The summed E-state index contributed by atoms with van der Waals surface area (Å²) in [5, 5.41) is 1.33. The molecule has 116 valence electrons. The molecule has 1 atom stereocenters. The quantitative estimate of drug-likeness (QED) is 0.618. The molecule has 1 unspecified atom stereocenters. The Bertz CT molecular complexity index is 713. The van der Waals surface area contributed by atoms with Crippen molar-refractivity contribution in [2.24, 2.45) is 0 Å². The Hall–Kier alpha value is -1.20. The highest BCUT2D eigenvalue weighted by Gasteiger charge is 2.26. The molecule has 1 aliphatic heterocycles. The third kappa shape index (κ3) is 3.25. The van der Waals surface area contributed by atoms with Gasteiger partial charge in [-0.1, -0.05) is 55.9 Å². The van der Waals surface area contributed by atoms with Gasteiger partial charge in [-0.3, -0.25) is 9.36 Å². The molecule has 0 saturated carbocycles. The lowest BCUT2D eigenvalue weighted by molar-refractivity contribution is 0.565. The summed E-state index contributed by atoms with van der Waals surface area (Å²) >= 11 is 3.34. The molecule has 0 amide bonds. The SMILES string of the molecule is CCSc1nc2c(c(=O)n1CCc1ccccc1)SC(C)C2. The first kappa shape index (κ1) is 15.7. The van der Waals surface area contributed by atoms with Gasteiger partial charge >= 0.3 is 0 Å². The standard InChI is InChI=1S/C17H20N2OS2/c1-3-21-17-18-14-11-12(2)22-15(14)16(20)19(17)10-9-13-7-5-4-6-8-13/h4-8,12H,3,9-11H2,1-2H3. The van der Waals surface area contributed by atoms with E-state index in [9.17, 15) is 4.79 Å². The van der Waals surface area contributed by atoms with E-state index in [1.54, 1.807) is 23.5 Å². The molecule has 0 N–H and O–H groups in total. The Balaban J connectivity index is 1.92. The first-order chi connectivity index (χ1) is 10.7. The molecule has 0 bridgehead atoms. The summed E-state index contributed by atoms with van der Waals surface area (Å²) in [6.45, 7) is 4.95. The number of fused-ring (bicyclic) bond motifs is 1. The lowest BCUT2D eigenvalue weighted by Crippen LogP contribution is -2.26. The molecular weight excluding hydrogens is 312 g/mol. The lowest BCUT2D eigenvalue weighted by Gasteiger charge is -2.13. The minimum absolute atomic E-state index is 0.145. The molecule has 5 heteroatoms. The number of nitrogens with zero attached hydrogens (tertiary/aromatic N) is 2. The second kappa shape index (κ2) is 6.92. The summed E-state index contributed by atoms with van der Waals surface area (Å²) in [5.74, 6) is 0.930. The van der Waals surface area contributed by atoms with E-state index in [1.807, 2.05) is 22.8 Å². The number of aryl methyl sites for hydroxylation is 1. The van der Waals surface area contributed by atoms with E-state index in [1.165, 1.54) is 5.56 Å². The topological polar surface area (TPSA) is 34.9 Å². The first-order valence-corrected chi connectivity index (χ1v) is 9.52. The van der Waals surface area contributed by atoms with Crippen molar-refractivity contribution in [3.63, 3.8) is 0 Å². The van der Waals surface area contributed by atoms with Crippen molar-refractivity contribution in [3.05, 3.63) is 51.9 Å². The number of hydrogen-bond acceptors (Lipinski definition) is 4. The third-order valence-electron chi connectivity index (χ3n) is 3.70. The largest absolute Gasteiger partial charge is 0.286 e. The molecule has 1 aliphatic rings. The maximum atomic E-state index is 12.8. The molecule has 2 aromatic rings. The van der Waals surface area contributed by atoms with Gasteiger partial charge in [0.1, 0.15) is 0 Å². The van der Waals surface area contributed by atoms with Crippen LogP contribution in [0.3, 0.4) is 0 Å². The van der Waals surface area contributed by atoms with Crippen LogP contribution < -0.4 is 5.56 Å². The summed E-state index contributed by atoms with van der Waals surface area (Å²) in [6.07, 6.45) is 1.77. The van der Waals surface area contributed by atoms with Gasteiger partial charge in [0, 0.05) is 18.2 Å². The van der Waals surface area contributed by atoms with Crippen molar-refractivity contribution in [1.82, 2.24) is 9.55 Å². The van der Waals surface area contributed by atoms with Crippen molar-refractivity contribution < 1.29 is 0 Å². The van der Waals surface area contributed by atoms with Crippen molar-refractivity contribution >= 4 is 23.5 Å². The fourth-order valence-corrected chi connectivity index (χ4v) is 4.54. The Morgan fingerprint density at radius 1 is 1.36 bits per heavy atom. The second-order valence-corrected chi connectivity index (χ2v) is 8.11. The first-order valence-electron chi connectivity index (χ1n) is 7.66. The van der Waals surface area contributed by atoms with Gasteiger partial charge in [0.05, 0.1) is 10.6 Å². The van der Waals surface area contributed by atoms with Crippen LogP contribution in [0.25, 0.3) is 0 Å². The van der Waals surface area contributed by atoms with Crippen LogP contribution in [0.2, 0.25) is 0 Å². The number of thioether (sulfide) groups is 2. The van der Waals surface area contributed by atoms with E-state index in [-0.39, 0.29) is 5.56 Å². The minimum Gasteiger partial charge on any atom is -0.286 e. The fourth-order valence-electron chi connectivity index (χ4n) is 2.65. The van der Waals surface area contributed by atoms with Crippen LogP contribution in [0.4, 0.5) is 0 Å². The van der Waals surface area contributed by atoms with Gasteiger partial charge in [-0.2, -0.15) is 0 Å². The number of hydrogen-bond donors (Lipinski definition) is 0. The highest BCUT2D eigenvalue weighted by atomic mass is 32.2. The molecule has 1 aromatic heterocycles. The smallest absolute Gasteiger partial charge is 0.268 e. The van der Waals surface area contributed by atoms with E-state index in [0.717, 1.165) is 34.3 Å². The maximum absolute atomic E-state index is 12.8. The highest BCUT2D eigenvalue weighted by Crippen LogP contribution is 2.34. The second-order valence-electron chi connectivity index (χ2n) is 5.43. The van der Waals surface area contributed by atoms with E-state index in [2.05, 4.69) is 26.0 Å². The lowest BCUT2D eigenvalue weighted by atomic mass is 10.1. The fraction of sp³-hybridized carbons (Fsp3) is 0.412. The normalized spacial score (nSPS) is 16.7. The Morgan fingerprint density at radius 3 is 2.86 bits per heavy atom. The zero-order chi connectivity index (χ0) is 15.5. The van der Waals surface area contributed by atoms with Gasteiger partial charge in [-0.05, 0) is 17.7 Å². The summed E-state index contributed by atoms with van der Waals surface area (Å²) in [5.41, 5.74) is 2.39. The maximum Gasteiger partial charge on any atom is 0.268 e. The van der Waals surface area contributed by atoms with Gasteiger partial charge in [0.2, 0.25) is 0 Å². The van der Waals surface area contributed by atoms with Crippen LogP contribution in [0.5, 0.6) is 0 Å². The predicted octanol–water partition coefficient (Wildman–Crippen LogP) is 3.63. The summed E-state index contributed by atoms with van der Waals surface area (Å²) < 4.78 is 1.87. The molecule has 3 nitrogen and oxygen atoms in total. The molecule has 22 heavy (non-hydrogen) atoms. The minimum atomic E-state index is 0.145. The highest BCUT2D eigenvalue weighted by molar-refractivity contribution is 8.00. The summed E-state index contributed by atoms with van der Waals surface area (Å²) in [4.78, 5) is 18.4. The van der Waals surface area contributed by atoms with Crippen LogP contribution >= 0.6 is 23.5 Å². The molecule has 2 heterocycles. The van der Waals surface area contributed by atoms with Crippen LogP contribution in [-0.2, 0) is 19.4 Å². The van der Waals surface area contributed by atoms with Gasteiger partial charge in [0.25, 0.3) is 5.56 Å². The van der Waals surface area contributed by atoms with Crippen molar-refractivity contribution in [2.45, 2.75) is 48.5 Å². The van der Waals surface area contributed by atoms with Gasteiger partial charge in [-0.25, -0.2) is 4.98 Å². The summed E-state index contributed by atoms with van der Waals surface area (Å²) in [6, 6.07) is 10.3. The van der Waals surface area contributed by atoms with Gasteiger partial charge in [0.15, 0.2) is 5.16 Å². The van der Waals surface area contributed by atoms with Crippen LogP contribution in [-0.4, -0.2) is 20.6 Å².